The minimum Gasteiger partial charge on any atom is -0.487 e. The number of amides is 1. The Kier molecular flexibility index (Phi) is 5.61. The standard InChI is InChI=1S/C23H18FN3O4/c24-18-2-1-3-20(11-18)31-14-19-13-27-9-8-17(10-21(27)26-19)22(28)25-12-15-4-6-16(7-5-15)23(29)30/h1-11,13H,12,14H2,(H,25,28)(H,29,30). The van der Waals surface area contributed by atoms with Crippen molar-refractivity contribution >= 4 is 17.5 Å². The number of pyridine rings is 1. The first-order valence-corrected chi connectivity index (χ1v) is 9.44. The van der Waals surface area contributed by atoms with Gasteiger partial charge in [-0.25, -0.2) is 14.2 Å². The number of fused-ring (bicyclic) bond motifs is 1. The van der Waals surface area contributed by atoms with Crippen molar-refractivity contribution in [2.45, 2.75) is 13.2 Å². The number of benzene rings is 2. The van der Waals surface area contributed by atoms with E-state index in [0.29, 0.717) is 22.7 Å². The average molecular weight is 419 g/mol. The third kappa shape index (κ3) is 4.87. The van der Waals surface area contributed by atoms with Gasteiger partial charge in [0.25, 0.3) is 5.91 Å². The smallest absolute Gasteiger partial charge is 0.335 e. The first kappa shape index (κ1) is 20.1. The van der Waals surface area contributed by atoms with Crippen molar-refractivity contribution in [3.8, 4) is 5.75 Å². The van der Waals surface area contributed by atoms with Crippen LogP contribution in [-0.2, 0) is 13.2 Å². The van der Waals surface area contributed by atoms with Crippen molar-refractivity contribution in [3.05, 3.63) is 101 Å². The number of carboxylic acid groups (broad SMARTS) is 1. The molecule has 0 aliphatic rings. The molecule has 2 aromatic carbocycles. The van der Waals surface area contributed by atoms with Crippen molar-refractivity contribution in [1.29, 1.82) is 0 Å². The summed E-state index contributed by atoms with van der Waals surface area (Å²) in [4.78, 5) is 27.8. The molecule has 0 bridgehead atoms. The Bertz CT molecular complexity index is 1250. The number of aromatic carboxylic acids is 1. The monoisotopic (exact) mass is 419 g/mol. The fourth-order valence-corrected chi connectivity index (χ4v) is 3.01. The summed E-state index contributed by atoms with van der Waals surface area (Å²) in [7, 11) is 0. The molecule has 4 rings (SSSR count). The highest BCUT2D eigenvalue weighted by Gasteiger charge is 2.10. The number of halogens is 1. The molecule has 0 aliphatic carbocycles. The molecule has 0 atom stereocenters. The lowest BCUT2D eigenvalue weighted by Gasteiger charge is -2.06. The van der Waals surface area contributed by atoms with Crippen LogP contribution in [0, 0.1) is 5.82 Å². The van der Waals surface area contributed by atoms with E-state index in [1.54, 1.807) is 53.2 Å². The van der Waals surface area contributed by atoms with Crippen molar-refractivity contribution < 1.29 is 23.8 Å². The molecule has 0 radical (unpaired) electrons. The molecular formula is C23H18FN3O4. The lowest BCUT2D eigenvalue weighted by Crippen LogP contribution is -2.22. The van der Waals surface area contributed by atoms with E-state index in [-0.39, 0.29) is 30.4 Å². The highest BCUT2D eigenvalue weighted by molar-refractivity contribution is 5.95. The van der Waals surface area contributed by atoms with Gasteiger partial charge in [-0.15, -0.1) is 0 Å². The quantitative estimate of drug-likeness (QED) is 0.477. The van der Waals surface area contributed by atoms with Crippen LogP contribution in [0.25, 0.3) is 5.65 Å². The van der Waals surface area contributed by atoms with Crippen LogP contribution in [0.2, 0.25) is 0 Å². The zero-order valence-corrected chi connectivity index (χ0v) is 16.3. The van der Waals surface area contributed by atoms with Crippen LogP contribution in [0.15, 0.2) is 73.1 Å². The maximum atomic E-state index is 13.2. The van der Waals surface area contributed by atoms with E-state index in [0.717, 1.165) is 5.56 Å². The molecule has 7 nitrogen and oxygen atoms in total. The van der Waals surface area contributed by atoms with Gasteiger partial charge in [-0.05, 0) is 42.0 Å². The predicted octanol–water partition coefficient (Wildman–Crippen LogP) is 3.68. The molecule has 0 saturated heterocycles. The second-order valence-electron chi connectivity index (χ2n) is 6.84. The van der Waals surface area contributed by atoms with Crippen LogP contribution in [-0.4, -0.2) is 26.4 Å². The summed E-state index contributed by atoms with van der Waals surface area (Å²) >= 11 is 0. The SMILES string of the molecule is O=C(O)c1ccc(CNC(=O)c2ccn3cc(COc4cccc(F)c4)nc3c2)cc1. The van der Waals surface area contributed by atoms with Crippen molar-refractivity contribution in [2.75, 3.05) is 0 Å². The number of nitrogens with zero attached hydrogens (tertiary/aromatic N) is 2. The normalized spacial score (nSPS) is 10.7. The van der Waals surface area contributed by atoms with E-state index < -0.39 is 5.97 Å². The van der Waals surface area contributed by atoms with E-state index in [1.165, 1.54) is 24.3 Å². The van der Waals surface area contributed by atoms with Gasteiger partial charge in [-0.3, -0.25) is 4.79 Å². The Balaban J connectivity index is 1.39. The second-order valence-corrected chi connectivity index (χ2v) is 6.84. The van der Waals surface area contributed by atoms with E-state index in [9.17, 15) is 14.0 Å². The molecule has 0 saturated carbocycles. The van der Waals surface area contributed by atoms with Gasteiger partial charge in [0.1, 0.15) is 23.8 Å². The summed E-state index contributed by atoms with van der Waals surface area (Å²) < 4.78 is 20.6. The van der Waals surface area contributed by atoms with Crippen LogP contribution in [0.1, 0.15) is 32.0 Å². The van der Waals surface area contributed by atoms with Gasteiger partial charge in [-0.2, -0.15) is 0 Å². The molecule has 0 aliphatic heterocycles. The summed E-state index contributed by atoms with van der Waals surface area (Å²) in [5, 5.41) is 11.7. The predicted molar refractivity (Wildman–Crippen MR) is 110 cm³/mol. The molecule has 2 N–H and O–H groups in total. The highest BCUT2D eigenvalue weighted by Crippen LogP contribution is 2.15. The van der Waals surface area contributed by atoms with Gasteiger partial charge in [0.2, 0.25) is 0 Å². The van der Waals surface area contributed by atoms with E-state index >= 15 is 0 Å². The number of aromatic nitrogens is 2. The number of carboxylic acids is 1. The Hall–Kier alpha value is -4.20. The molecule has 2 aromatic heterocycles. The van der Waals surface area contributed by atoms with Gasteiger partial charge in [-0.1, -0.05) is 18.2 Å². The van der Waals surface area contributed by atoms with Gasteiger partial charge in [0.05, 0.1) is 11.3 Å². The lowest BCUT2D eigenvalue weighted by atomic mass is 10.1. The maximum absolute atomic E-state index is 13.2. The number of hydrogen-bond acceptors (Lipinski definition) is 4. The third-order valence-corrected chi connectivity index (χ3v) is 4.61. The second kappa shape index (κ2) is 8.66. The summed E-state index contributed by atoms with van der Waals surface area (Å²) in [6.07, 6.45) is 3.50. The minimum atomic E-state index is -0.996. The van der Waals surface area contributed by atoms with Crippen LogP contribution >= 0.6 is 0 Å². The molecule has 4 aromatic rings. The fraction of sp³-hybridized carbons (Fsp3) is 0.0870. The van der Waals surface area contributed by atoms with E-state index in [4.69, 9.17) is 9.84 Å². The topological polar surface area (TPSA) is 92.9 Å². The van der Waals surface area contributed by atoms with Gasteiger partial charge in [0, 0.05) is 30.6 Å². The van der Waals surface area contributed by atoms with Crippen molar-refractivity contribution in [1.82, 2.24) is 14.7 Å². The van der Waals surface area contributed by atoms with Gasteiger partial charge in [0.15, 0.2) is 0 Å². The van der Waals surface area contributed by atoms with Crippen LogP contribution in [0.3, 0.4) is 0 Å². The Morgan fingerprint density at radius 3 is 2.61 bits per heavy atom. The first-order valence-electron chi connectivity index (χ1n) is 9.44. The maximum Gasteiger partial charge on any atom is 0.335 e. The fourth-order valence-electron chi connectivity index (χ4n) is 3.01. The number of rotatable bonds is 7. The number of imidazole rings is 1. The number of nitrogens with one attached hydrogen (secondary N) is 1. The number of carbonyl (C=O) groups is 2. The molecular weight excluding hydrogens is 401 g/mol. The van der Waals surface area contributed by atoms with Crippen LogP contribution in [0.4, 0.5) is 4.39 Å². The first-order chi connectivity index (χ1) is 15.0. The van der Waals surface area contributed by atoms with Crippen LogP contribution < -0.4 is 10.1 Å². The Morgan fingerprint density at radius 2 is 1.87 bits per heavy atom. The van der Waals surface area contributed by atoms with Crippen LogP contribution in [0.5, 0.6) is 5.75 Å². The number of ether oxygens (including phenoxy) is 1. The number of hydrogen-bond donors (Lipinski definition) is 2. The van der Waals surface area contributed by atoms with Gasteiger partial charge < -0.3 is 19.6 Å². The average Bonchev–Trinajstić information content (AvgIpc) is 3.18. The molecule has 0 unspecified atom stereocenters. The largest absolute Gasteiger partial charge is 0.487 e. The molecule has 8 heteroatoms. The van der Waals surface area contributed by atoms with E-state index in [1.807, 2.05) is 0 Å². The number of carbonyl (C=O) groups excluding carboxylic acids is 1. The Labute approximate surface area is 176 Å². The Morgan fingerprint density at radius 1 is 1.06 bits per heavy atom. The molecule has 156 valence electrons. The third-order valence-electron chi connectivity index (χ3n) is 4.61. The zero-order valence-electron chi connectivity index (χ0n) is 16.3. The van der Waals surface area contributed by atoms with Crippen molar-refractivity contribution in [2.24, 2.45) is 0 Å². The molecule has 0 fully saturated rings. The molecule has 2 heterocycles. The molecule has 31 heavy (non-hydrogen) atoms. The molecule has 1 amide bonds. The van der Waals surface area contributed by atoms with Gasteiger partial charge >= 0.3 is 5.97 Å². The summed E-state index contributed by atoms with van der Waals surface area (Å²) in [6.45, 7) is 0.435. The highest BCUT2D eigenvalue weighted by atomic mass is 19.1. The zero-order chi connectivity index (χ0) is 21.8. The summed E-state index contributed by atoms with van der Waals surface area (Å²) in [5.41, 5.74) is 2.64. The summed E-state index contributed by atoms with van der Waals surface area (Å²) in [6, 6.07) is 15.5. The summed E-state index contributed by atoms with van der Waals surface area (Å²) in [5.74, 6) is -1.23. The van der Waals surface area contributed by atoms with Crippen molar-refractivity contribution in [3.63, 3.8) is 0 Å². The lowest BCUT2D eigenvalue weighted by molar-refractivity contribution is 0.0696. The molecule has 0 spiro atoms. The minimum absolute atomic E-state index is 0.166. The van der Waals surface area contributed by atoms with E-state index in [2.05, 4.69) is 10.3 Å².